The van der Waals surface area contributed by atoms with Crippen LogP contribution in [0.15, 0.2) is 12.1 Å². The summed E-state index contributed by atoms with van der Waals surface area (Å²) in [4.78, 5) is 0. The minimum Gasteiger partial charge on any atom is -0.637 e. The predicted octanol–water partition coefficient (Wildman–Crippen LogP) is -0.399. The molecule has 0 radical (unpaired) electrons. The molecule has 0 bridgehead atoms. The molecule has 0 saturated carbocycles. The summed E-state index contributed by atoms with van der Waals surface area (Å²) >= 11 is 0. The van der Waals surface area contributed by atoms with Gasteiger partial charge in [0.05, 0.1) is 0 Å². The number of hydrogen-bond donors (Lipinski definition) is 3. The number of H-pyrrole nitrogens is 1. The van der Waals surface area contributed by atoms with Gasteiger partial charge in [-0.05, 0) is 6.07 Å². The molecule has 1 aromatic heterocycles. The van der Waals surface area contributed by atoms with Gasteiger partial charge in [-0.25, -0.2) is 0 Å². The third-order valence-electron chi connectivity index (χ3n) is 1.99. The van der Waals surface area contributed by atoms with Gasteiger partial charge in [0.2, 0.25) is 0 Å². The lowest BCUT2D eigenvalue weighted by atomic mass is 10.2. The van der Waals surface area contributed by atoms with E-state index < -0.39 is 0 Å². The highest BCUT2D eigenvalue weighted by Crippen LogP contribution is 2.29. The van der Waals surface area contributed by atoms with E-state index in [0.29, 0.717) is 16.9 Å². The zero-order valence-electron chi connectivity index (χ0n) is 6.40. The van der Waals surface area contributed by atoms with E-state index in [2.05, 4.69) is 26.4 Å². The fourth-order valence-corrected chi connectivity index (χ4v) is 1.37. The van der Waals surface area contributed by atoms with Crippen LogP contribution in [-0.2, 0) is 0 Å². The molecule has 0 aliphatic carbocycles. The van der Waals surface area contributed by atoms with Crippen molar-refractivity contribution >= 4 is 22.4 Å². The van der Waals surface area contributed by atoms with Gasteiger partial charge in [-0.3, -0.25) is 0 Å². The largest absolute Gasteiger partial charge is 0.637 e. The molecule has 0 spiro atoms. The maximum Gasteiger partial charge on any atom is 0.147 e. The first-order valence-electron chi connectivity index (χ1n) is 3.71. The highest BCUT2D eigenvalue weighted by Gasteiger charge is 2.15. The van der Waals surface area contributed by atoms with Crippen molar-refractivity contribution in [3.63, 3.8) is 0 Å². The van der Waals surface area contributed by atoms with Crippen molar-refractivity contribution in [2.24, 2.45) is 0 Å². The Morgan fingerprint density at radius 1 is 1.38 bits per heavy atom. The number of nitrogens with one attached hydrogen (secondary N) is 3. The van der Waals surface area contributed by atoms with Gasteiger partial charge in [0.25, 0.3) is 0 Å². The number of quaternary nitrogens is 1. The second kappa shape index (κ2) is 2.16. The minimum atomic E-state index is -0.264. The van der Waals surface area contributed by atoms with E-state index in [1.807, 2.05) is 0 Å². The molecule has 3 N–H and O–H groups in total. The fraction of sp³-hybridized carbons (Fsp3) is 0. The molecular weight excluding hydrogens is 172 g/mol. The lowest BCUT2D eigenvalue weighted by molar-refractivity contribution is -0.725. The van der Waals surface area contributed by atoms with E-state index in [-0.39, 0.29) is 5.17 Å². The minimum absolute atomic E-state index is 0.264. The first kappa shape index (κ1) is 6.78. The average molecular weight is 177 g/mol. The zero-order valence-corrected chi connectivity index (χ0v) is 6.40. The first-order chi connectivity index (χ1) is 6.36. The van der Waals surface area contributed by atoms with E-state index >= 15 is 0 Å². The van der Waals surface area contributed by atoms with Crippen LogP contribution in [0.3, 0.4) is 0 Å². The number of rotatable bonds is 0. The fourth-order valence-electron chi connectivity index (χ4n) is 1.37. The van der Waals surface area contributed by atoms with Gasteiger partial charge in [-0.15, -0.1) is 0 Å². The zero-order chi connectivity index (χ0) is 8.84. The summed E-state index contributed by atoms with van der Waals surface area (Å²) in [6, 6.07) is 3.42. The van der Waals surface area contributed by atoms with Crippen LogP contribution < -0.4 is 10.6 Å². The second-order valence-corrected chi connectivity index (χ2v) is 2.71. The Hall–Kier alpha value is -1.70. The third-order valence-corrected chi connectivity index (χ3v) is 1.99. The Labute approximate surface area is 72.2 Å². The van der Waals surface area contributed by atoms with Crippen molar-refractivity contribution in [1.82, 2.24) is 15.4 Å². The number of hydrogen-bond acceptors (Lipinski definition) is 4. The van der Waals surface area contributed by atoms with Gasteiger partial charge >= 0.3 is 0 Å². The highest BCUT2D eigenvalue weighted by molar-refractivity contribution is 5.94. The van der Waals surface area contributed by atoms with Crippen molar-refractivity contribution < 1.29 is 5.17 Å². The van der Waals surface area contributed by atoms with Gasteiger partial charge in [0.1, 0.15) is 22.4 Å². The third kappa shape index (κ3) is 0.773. The van der Waals surface area contributed by atoms with Gasteiger partial charge in [-0.2, -0.15) is 15.4 Å². The molecule has 1 aliphatic rings. The lowest BCUT2D eigenvalue weighted by Gasteiger charge is -2.25. The molecule has 2 heterocycles. The Morgan fingerprint density at radius 3 is 3.23 bits per heavy atom. The Balaban J connectivity index is 2.39. The first-order valence-corrected chi connectivity index (χ1v) is 3.71. The number of nitrogens with zero attached hydrogens (tertiary/aromatic N) is 3. The lowest BCUT2D eigenvalue weighted by Crippen LogP contribution is -2.96. The van der Waals surface area contributed by atoms with Crippen LogP contribution in [0.1, 0.15) is 0 Å². The molecule has 13 heavy (non-hydrogen) atoms. The number of aromatic amines is 1. The van der Waals surface area contributed by atoms with Crippen molar-refractivity contribution in [3.8, 4) is 0 Å². The molecule has 1 atom stereocenters. The molecule has 0 amide bonds. The quantitative estimate of drug-likeness (QED) is 0.477. The van der Waals surface area contributed by atoms with Crippen molar-refractivity contribution in [2.45, 2.75) is 0 Å². The molecule has 66 valence electrons. The number of anilines is 1. The summed E-state index contributed by atoms with van der Waals surface area (Å²) < 4.78 is 0. The SMILES string of the molecule is [O-][NH+]1[N-]Nc2c1ccc1n[nH]nc21. The number of aromatic nitrogens is 3. The number of benzene rings is 1. The van der Waals surface area contributed by atoms with E-state index in [1.54, 1.807) is 12.1 Å². The summed E-state index contributed by atoms with van der Waals surface area (Å²) in [5, 5.41) is 21.2. The smallest absolute Gasteiger partial charge is 0.147 e. The molecule has 7 heteroatoms. The van der Waals surface area contributed by atoms with Crippen LogP contribution in [0.5, 0.6) is 0 Å². The van der Waals surface area contributed by atoms with Crippen LogP contribution in [0.4, 0.5) is 11.4 Å². The molecule has 0 fully saturated rings. The standard InChI is InChI=1S/C6H5N6O/c13-12-4-2-1-3-5(8-10-7-3)6(4)9-11-12/h1-2,9,12H,(H,7,8,10)/q-1. The van der Waals surface area contributed by atoms with E-state index in [4.69, 9.17) is 0 Å². The molecule has 1 aliphatic heterocycles. The van der Waals surface area contributed by atoms with Crippen LogP contribution in [0.2, 0.25) is 0 Å². The molecule has 3 rings (SSSR count). The van der Waals surface area contributed by atoms with Gasteiger partial charge in [0, 0.05) is 6.07 Å². The van der Waals surface area contributed by atoms with Crippen LogP contribution in [-0.4, -0.2) is 15.4 Å². The van der Waals surface area contributed by atoms with Gasteiger partial charge < -0.3 is 21.3 Å². The highest BCUT2D eigenvalue weighted by atomic mass is 16.6. The summed E-state index contributed by atoms with van der Waals surface area (Å²) in [6.07, 6.45) is 0. The number of fused-ring (bicyclic) bond motifs is 3. The Kier molecular flexibility index (Phi) is 1.13. The molecule has 2 aromatic rings. The van der Waals surface area contributed by atoms with E-state index in [0.717, 1.165) is 5.52 Å². The Morgan fingerprint density at radius 2 is 2.31 bits per heavy atom. The van der Waals surface area contributed by atoms with Crippen molar-refractivity contribution in [3.05, 3.63) is 22.9 Å². The predicted molar refractivity (Wildman–Crippen MR) is 44.9 cm³/mol. The molecule has 1 aromatic carbocycles. The van der Waals surface area contributed by atoms with Crippen LogP contribution in [0.25, 0.3) is 16.6 Å². The van der Waals surface area contributed by atoms with Gasteiger partial charge in [0.15, 0.2) is 0 Å². The van der Waals surface area contributed by atoms with Crippen molar-refractivity contribution in [1.29, 1.82) is 0 Å². The van der Waals surface area contributed by atoms with Gasteiger partial charge in [-0.1, -0.05) is 0 Å². The maximum absolute atomic E-state index is 11.1. The van der Waals surface area contributed by atoms with Crippen LogP contribution in [0, 0.1) is 5.21 Å². The van der Waals surface area contributed by atoms with Crippen LogP contribution >= 0.6 is 0 Å². The summed E-state index contributed by atoms with van der Waals surface area (Å²) in [5.74, 6) is 0. The monoisotopic (exact) mass is 177 g/mol. The van der Waals surface area contributed by atoms with Crippen molar-refractivity contribution in [2.75, 3.05) is 5.43 Å². The molecule has 0 saturated heterocycles. The Bertz CT molecular complexity index is 465. The second-order valence-electron chi connectivity index (χ2n) is 2.71. The van der Waals surface area contributed by atoms with E-state index in [1.165, 1.54) is 0 Å². The summed E-state index contributed by atoms with van der Waals surface area (Å²) in [7, 11) is 0. The summed E-state index contributed by atoms with van der Waals surface area (Å²) in [6.45, 7) is 0. The normalized spacial score (nSPS) is 20.2. The molecule has 7 nitrogen and oxygen atoms in total. The average Bonchev–Trinajstić information content (AvgIpc) is 2.70. The topological polar surface area (TPSA) is 95.2 Å². The molecular formula is C6H5N6O-. The molecule has 1 unspecified atom stereocenters. The van der Waals surface area contributed by atoms with E-state index in [9.17, 15) is 5.21 Å². The summed E-state index contributed by atoms with van der Waals surface area (Å²) in [5.41, 5.74) is 8.74. The maximum atomic E-state index is 11.1.